The maximum atomic E-state index is 12.5. The van der Waals surface area contributed by atoms with Crippen LogP contribution in [0.2, 0.25) is 0 Å². The van der Waals surface area contributed by atoms with E-state index in [4.69, 9.17) is 5.26 Å². The van der Waals surface area contributed by atoms with E-state index in [9.17, 15) is 4.79 Å². The van der Waals surface area contributed by atoms with Crippen molar-refractivity contribution in [1.29, 1.82) is 5.26 Å². The van der Waals surface area contributed by atoms with E-state index >= 15 is 0 Å². The Labute approximate surface area is 131 Å². The average molecular weight is 302 g/mol. The van der Waals surface area contributed by atoms with Gasteiger partial charge in [0.1, 0.15) is 0 Å². The largest absolute Gasteiger partial charge is 0.349 e. The Morgan fingerprint density at radius 3 is 2.57 bits per heavy atom. The molecule has 0 aliphatic heterocycles. The lowest BCUT2D eigenvalue weighted by Gasteiger charge is -2.21. The van der Waals surface area contributed by atoms with Gasteiger partial charge in [0.15, 0.2) is 0 Å². The zero-order chi connectivity index (χ0) is 14.9. The molecule has 3 nitrogen and oxygen atoms in total. The van der Waals surface area contributed by atoms with Crippen molar-refractivity contribution in [2.24, 2.45) is 0 Å². The maximum Gasteiger partial charge on any atom is 0.252 e. The van der Waals surface area contributed by atoms with E-state index in [0.29, 0.717) is 17.4 Å². The van der Waals surface area contributed by atoms with Crippen LogP contribution in [0.3, 0.4) is 0 Å². The number of hydrogen-bond donors (Lipinski definition) is 1. The minimum atomic E-state index is 0.00149. The molecule has 1 aromatic rings. The topological polar surface area (TPSA) is 52.9 Å². The molecule has 0 radical (unpaired) electrons. The molecule has 0 aromatic heterocycles. The number of nitrogens with one attached hydrogen (secondary N) is 1. The Morgan fingerprint density at radius 2 is 1.86 bits per heavy atom. The third-order valence-electron chi connectivity index (χ3n) is 3.86. The highest BCUT2D eigenvalue weighted by molar-refractivity contribution is 7.99. The van der Waals surface area contributed by atoms with Crippen LogP contribution in [0.15, 0.2) is 29.2 Å². The van der Waals surface area contributed by atoms with E-state index in [1.165, 1.54) is 43.9 Å². The zero-order valence-corrected chi connectivity index (χ0v) is 13.1. The summed E-state index contributed by atoms with van der Waals surface area (Å²) in [6, 6.07) is 9.95. The summed E-state index contributed by atoms with van der Waals surface area (Å²) >= 11 is 1.42. The quantitative estimate of drug-likeness (QED) is 0.850. The number of amides is 1. The van der Waals surface area contributed by atoms with Gasteiger partial charge in [-0.2, -0.15) is 5.26 Å². The lowest BCUT2D eigenvalue weighted by Crippen LogP contribution is -2.35. The number of nitrogens with zero attached hydrogens (tertiary/aromatic N) is 1. The molecule has 0 spiro atoms. The molecule has 4 heteroatoms. The van der Waals surface area contributed by atoms with Crippen molar-refractivity contribution in [2.45, 2.75) is 55.9 Å². The van der Waals surface area contributed by atoms with Gasteiger partial charge in [-0.25, -0.2) is 0 Å². The van der Waals surface area contributed by atoms with Gasteiger partial charge in [0.2, 0.25) is 0 Å². The summed E-state index contributed by atoms with van der Waals surface area (Å²) in [6.07, 6.45) is 8.46. The molecule has 1 aliphatic rings. The molecule has 0 bridgehead atoms. The number of rotatable bonds is 4. The van der Waals surface area contributed by atoms with Crippen molar-refractivity contribution in [3.63, 3.8) is 0 Å². The first-order valence-electron chi connectivity index (χ1n) is 7.71. The molecule has 1 aliphatic carbocycles. The second-order valence-corrected chi connectivity index (χ2v) is 6.48. The predicted octanol–water partition coefficient (Wildman–Crippen LogP) is 4.14. The summed E-state index contributed by atoms with van der Waals surface area (Å²) in [5, 5.41) is 11.9. The standard InChI is InChI=1S/C17H22N2OS/c18-12-13-21-16-11-7-6-10-15(16)17(20)19-14-8-4-2-1-3-5-9-14/h6-7,10-11,14H,1-5,8-9,13H2,(H,19,20). The van der Waals surface area contributed by atoms with Crippen molar-refractivity contribution in [3.8, 4) is 6.07 Å². The fraction of sp³-hybridized carbons (Fsp3) is 0.529. The predicted molar refractivity (Wildman–Crippen MR) is 86.4 cm³/mol. The molecular formula is C17H22N2OS. The first-order valence-corrected chi connectivity index (χ1v) is 8.69. The van der Waals surface area contributed by atoms with Crippen LogP contribution < -0.4 is 5.32 Å². The molecule has 1 saturated carbocycles. The maximum absolute atomic E-state index is 12.5. The SMILES string of the molecule is N#CCSc1ccccc1C(=O)NC1CCCCCCC1. The molecule has 0 unspecified atom stereocenters. The molecule has 1 amide bonds. The molecule has 1 fully saturated rings. The first kappa shape index (κ1) is 15.9. The van der Waals surface area contributed by atoms with Gasteiger partial charge in [-0.3, -0.25) is 4.79 Å². The highest BCUT2D eigenvalue weighted by Gasteiger charge is 2.17. The van der Waals surface area contributed by atoms with E-state index in [1.54, 1.807) is 0 Å². The molecule has 0 atom stereocenters. The Morgan fingerprint density at radius 1 is 1.19 bits per heavy atom. The molecule has 21 heavy (non-hydrogen) atoms. The van der Waals surface area contributed by atoms with E-state index in [0.717, 1.165) is 17.7 Å². The molecule has 2 rings (SSSR count). The molecule has 1 aromatic carbocycles. The van der Waals surface area contributed by atoms with Crippen LogP contribution in [0, 0.1) is 11.3 Å². The lowest BCUT2D eigenvalue weighted by atomic mass is 9.96. The van der Waals surface area contributed by atoms with Crippen molar-refractivity contribution < 1.29 is 4.79 Å². The third-order valence-corrected chi connectivity index (χ3v) is 4.80. The highest BCUT2D eigenvalue weighted by Crippen LogP contribution is 2.23. The van der Waals surface area contributed by atoms with E-state index in [1.807, 2.05) is 24.3 Å². The monoisotopic (exact) mass is 302 g/mol. The second-order valence-electron chi connectivity index (χ2n) is 5.46. The van der Waals surface area contributed by atoms with Gasteiger partial charge >= 0.3 is 0 Å². The van der Waals surface area contributed by atoms with Gasteiger partial charge in [0.05, 0.1) is 17.4 Å². The van der Waals surface area contributed by atoms with Crippen LogP contribution >= 0.6 is 11.8 Å². The molecule has 1 N–H and O–H groups in total. The number of nitriles is 1. The summed E-state index contributed by atoms with van der Waals surface area (Å²) in [7, 11) is 0. The third kappa shape index (κ3) is 5.09. The van der Waals surface area contributed by atoms with Crippen molar-refractivity contribution in [2.75, 3.05) is 5.75 Å². The minimum absolute atomic E-state index is 0.00149. The number of benzene rings is 1. The average Bonchev–Trinajstić information content (AvgIpc) is 2.48. The summed E-state index contributed by atoms with van der Waals surface area (Å²) in [5.74, 6) is 0.370. The van der Waals surface area contributed by atoms with Gasteiger partial charge in [-0.15, -0.1) is 11.8 Å². The highest BCUT2D eigenvalue weighted by atomic mass is 32.2. The summed E-state index contributed by atoms with van der Waals surface area (Å²) in [4.78, 5) is 13.4. The lowest BCUT2D eigenvalue weighted by molar-refractivity contribution is 0.0927. The molecule has 112 valence electrons. The summed E-state index contributed by atoms with van der Waals surface area (Å²) in [5.41, 5.74) is 0.694. The Bertz CT molecular complexity index is 502. The van der Waals surface area contributed by atoms with Gasteiger partial charge in [-0.1, -0.05) is 44.2 Å². The molecular weight excluding hydrogens is 280 g/mol. The second kappa shape index (κ2) is 8.74. The van der Waals surface area contributed by atoms with Crippen LogP contribution in [0.25, 0.3) is 0 Å². The van der Waals surface area contributed by atoms with E-state index in [-0.39, 0.29) is 5.91 Å². The Balaban J connectivity index is 2.00. The van der Waals surface area contributed by atoms with Gasteiger partial charge in [0.25, 0.3) is 5.91 Å². The van der Waals surface area contributed by atoms with Gasteiger partial charge in [0, 0.05) is 10.9 Å². The number of carbonyl (C=O) groups is 1. The zero-order valence-electron chi connectivity index (χ0n) is 12.3. The van der Waals surface area contributed by atoms with E-state index in [2.05, 4.69) is 11.4 Å². The van der Waals surface area contributed by atoms with Crippen LogP contribution in [0.4, 0.5) is 0 Å². The van der Waals surface area contributed by atoms with Gasteiger partial charge < -0.3 is 5.32 Å². The number of thioether (sulfide) groups is 1. The Hall–Kier alpha value is -1.47. The van der Waals surface area contributed by atoms with Crippen LogP contribution in [-0.2, 0) is 0 Å². The van der Waals surface area contributed by atoms with Crippen LogP contribution in [0.5, 0.6) is 0 Å². The Kier molecular flexibility index (Phi) is 6.62. The summed E-state index contributed by atoms with van der Waals surface area (Å²) < 4.78 is 0. The normalized spacial score (nSPS) is 16.5. The molecule has 0 saturated heterocycles. The first-order chi connectivity index (χ1) is 10.3. The fourth-order valence-corrected chi connectivity index (χ4v) is 3.46. The molecule has 0 heterocycles. The van der Waals surface area contributed by atoms with Crippen molar-refractivity contribution in [1.82, 2.24) is 5.32 Å². The van der Waals surface area contributed by atoms with Crippen molar-refractivity contribution in [3.05, 3.63) is 29.8 Å². The number of hydrogen-bond acceptors (Lipinski definition) is 3. The smallest absolute Gasteiger partial charge is 0.252 e. The fourth-order valence-electron chi connectivity index (χ4n) is 2.75. The van der Waals surface area contributed by atoms with E-state index < -0.39 is 0 Å². The minimum Gasteiger partial charge on any atom is -0.349 e. The van der Waals surface area contributed by atoms with Gasteiger partial charge in [-0.05, 0) is 25.0 Å². The summed E-state index contributed by atoms with van der Waals surface area (Å²) in [6.45, 7) is 0. The van der Waals surface area contributed by atoms with Crippen molar-refractivity contribution >= 4 is 17.7 Å². The number of carbonyl (C=O) groups excluding carboxylic acids is 1. The van der Waals surface area contributed by atoms with Crippen LogP contribution in [0.1, 0.15) is 55.3 Å². The van der Waals surface area contributed by atoms with Crippen LogP contribution in [-0.4, -0.2) is 17.7 Å².